The predicted molar refractivity (Wildman–Crippen MR) is 82.0 cm³/mol. The number of anilines is 1. The molecular weight excluding hydrogens is 248 g/mol. The van der Waals surface area contributed by atoms with Crippen molar-refractivity contribution in [2.75, 3.05) is 18.0 Å². The molecule has 104 valence electrons. The summed E-state index contributed by atoms with van der Waals surface area (Å²) >= 11 is 0. The van der Waals surface area contributed by atoms with Crippen LogP contribution < -0.4 is 10.6 Å². The van der Waals surface area contributed by atoms with Crippen molar-refractivity contribution in [3.63, 3.8) is 0 Å². The van der Waals surface area contributed by atoms with Crippen molar-refractivity contribution in [3.8, 4) is 5.75 Å². The summed E-state index contributed by atoms with van der Waals surface area (Å²) < 4.78 is 0. The molecule has 1 heterocycles. The first-order chi connectivity index (χ1) is 9.79. The summed E-state index contributed by atoms with van der Waals surface area (Å²) in [4.78, 5) is 2.39. The zero-order chi connectivity index (χ0) is 13.9. The number of phenolic OH excluding ortho intramolecular Hbond substituents is 1. The fourth-order valence-corrected chi connectivity index (χ4v) is 3.03. The van der Waals surface area contributed by atoms with Crippen LogP contribution in [0.2, 0.25) is 0 Å². The molecule has 2 aromatic carbocycles. The molecule has 1 aliphatic rings. The lowest BCUT2D eigenvalue weighted by Gasteiger charge is -2.37. The minimum atomic E-state index is 0.164. The monoisotopic (exact) mass is 268 g/mol. The van der Waals surface area contributed by atoms with E-state index in [9.17, 15) is 5.11 Å². The van der Waals surface area contributed by atoms with E-state index in [-0.39, 0.29) is 6.04 Å². The largest absolute Gasteiger partial charge is 0.508 e. The van der Waals surface area contributed by atoms with Gasteiger partial charge in [0.2, 0.25) is 0 Å². The van der Waals surface area contributed by atoms with E-state index in [1.807, 2.05) is 12.1 Å². The van der Waals surface area contributed by atoms with Gasteiger partial charge in [-0.2, -0.15) is 0 Å². The maximum atomic E-state index is 9.43. The normalized spacial score (nSPS) is 15.8. The Labute approximate surface area is 119 Å². The van der Waals surface area contributed by atoms with E-state index in [1.165, 1.54) is 11.3 Å². The number of hydrogen-bond donors (Lipinski definition) is 2. The number of nitrogens with zero attached hydrogens (tertiary/aromatic N) is 1. The van der Waals surface area contributed by atoms with Gasteiger partial charge >= 0.3 is 0 Å². The Morgan fingerprint density at radius 1 is 1.10 bits per heavy atom. The number of phenols is 1. The van der Waals surface area contributed by atoms with Crippen LogP contribution >= 0.6 is 0 Å². The fraction of sp³-hybridized carbons (Fsp3) is 0.294. The van der Waals surface area contributed by atoms with Crippen molar-refractivity contribution >= 4 is 5.69 Å². The highest BCUT2D eigenvalue weighted by Gasteiger charge is 2.24. The SMILES string of the molecule is NCC(c1ccc(O)cc1)N1CCCc2ccccc21. The third kappa shape index (κ3) is 2.37. The lowest BCUT2D eigenvalue weighted by molar-refractivity contribution is 0.474. The van der Waals surface area contributed by atoms with Crippen molar-refractivity contribution in [1.29, 1.82) is 0 Å². The van der Waals surface area contributed by atoms with E-state index in [0.29, 0.717) is 12.3 Å². The summed E-state index contributed by atoms with van der Waals surface area (Å²) in [6, 6.07) is 16.1. The first kappa shape index (κ1) is 13.0. The minimum absolute atomic E-state index is 0.164. The summed E-state index contributed by atoms with van der Waals surface area (Å²) in [6.07, 6.45) is 2.30. The molecule has 0 aromatic heterocycles. The van der Waals surface area contributed by atoms with Crippen LogP contribution in [-0.2, 0) is 6.42 Å². The molecule has 0 amide bonds. The summed E-state index contributed by atoms with van der Waals surface area (Å²) in [5.41, 5.74) is 9.87. The van der Waals surface area contributed by atoms with Gasteiger partial charge in [-0.25, -0.2) is 0 Å². The highest BCUT2D eigenvalue weighted by atomic mass is 16.3. The molecular formula is C17H20N2O. The first-order valence-corrected chi connectivity index (χ1v) is 7.13. The Bertz CT molecular complexity index is 580. The second-order valence-corrected chi connectivity index (χ2v) is 5.27. The number of rotatable bonds is 3. The molecule has 0 saturated heterocycles. The molecule has 20 heavy (non-hydrogen) atoms. The Morgan fingerprint density at radius 3 is 2.60 bits per heavy atom. The molecule has 3 N–H and O–H groups in total. The molecule has 0 bridgehead atoms. The van der Waals surface area contributed by atoms with Crippen molar-refractivity contribution in [2.45, 2.75) is 18.9 Å². The van der Waals surface area contributed by atoms with Crippen LogP contribution in [-0.4, -0.2) is 18.2 Å². The Balaban J connectivity index is 1.96. The highest BCUT2D eigenvalue weighted by molar-refractivity contribution is 5.57. The van der Waals surface area contributed by atoms with Gasteiger partial charge < -0.3 is 15.7 Å². The topological polar surface area (TPSA) is 49.5 Å². The minimum Gasteiger partial charge on any atom is -0.508 e. The van der Waals surface area contributed by atoms with Crippen molar-refractivity contribution < 1.29 is 5.11 Å². The summed E-state index contributed by atoms with van der Waals surface area (Å²) in [6.45, 7) is 1.60. The van der Waals surface area contributed by atoms with Gasteiger partial charge in [-0.05, 0) is 42.2 Å². The van der Waals surface area contributed by atoms with Crippen LogP contribution in [0, 0.1) is 0 Å². The lowest BCUT2D eigenvalue weighted by atomic mass is 9.97. The molecule has 2 aromatic rings. The third-order valence-electron chi connectivity index (χ3n) is 4.02. The fourth-order valence-electron chi connectivity index (χ4n) is 3.03. The summed E-state index contributed by atoms with van der Waals surface area (Å²) in [5.74, 6) is 0.295. The maximum Gasteiger partial charge on any atom is 0.115 e. The molecule has 3 nitrogen and oxygen atoms in total. The van der Waals surface area contributed by atoms with Gasteiger partial charge in [-0.3, -0.25) is 0 Å². The zero-order valence-corrected chi connectivity index (χ0v) is 11.5. The predicted octanol–water partition coefficient (Wildman–Crippen LogP) is 2.84. The molecule has 1 unspecified atom stereocenters. The van der Waals surface area contributed by atoms with E-state index in [2.05, 4.69) is 29.2 Å². The number of para-hydroxylation sites is 1. The van der Waals surface area contributed by atoms with Crippen LogP contribution in [0.15, 0.2) is 48.5 Å². The summed E-state index contributed by atoms with van der Waals surface area (Å²) in [5, 5.41) is 9.43. The number of benzene rings is 2. The van der Waals surface area contributed by atoms with Gasteiger partial charge in [0, 0.05) is 18.8 Å². The number of aromatic hydroxyl groups is 1. The maximum absolute atomic E-state index is 9.43. The second-order valence-electron chi connectivity index (χ2n) is 5.27. The van der Waals surface area contributed by atoms with Crippen molar-refractivity contribution in [1.82, 2.24) is 0 Å². The van der Waals surface area contributed by atoms with Crippen LogP contribution in [0.5, 0.6) is 5.75 Å². The smallest absolute Gasteiger partial charge is 0.115 e. The van der Waals surface area contributed by atoms with Crippen LogP contribution in [0.25, 0.3) is 0 Å². The second kappa shape index (κ2) is 5.55. The van der Waals surface area contributed by atoms with Gasteiger partial charge in [0.15, 0.2) is 0 Å². The van der Waals surface area contributed by atoms with E-state index >= 15 is 0 Å². The van der Waals surface area contributed by atoms with Crippen LogP contribution in [0.1, 0.15) is 23.6 Å². The number of nitrogens with two attached hydrogens (primary N) is 1. The Kier molecular flexibility index (Phi) is 3.61. The number of fused-ring (bicyclic) bond motifs is 1. The molecule has 0 spiro atoms. The van der Waals surface area contributed by atoms with Gasteiger partial charge in [-0.15, -0.1) is 0 Å². The Morgan fingerprint density at radius 2 is 1.85 bits per heavy atom. The molecule has 1 atom stereocenters. The molecule has 3 heteroatoms. The molecule has 0 saturated carbocycles. The molecule has 0 fully saturated rings. The van der Waals surface area contributed by atoms with Gasteiger partial charge in [0.25, 0.3) is 0 Å². The number of hydrogen-bond acceptors (Lipinski definition) is 3. The van der Waals surface area contributed by atoms with Crippen LogP contribution in [0.3, 0.4) is 0 Å². The van der Waals surface area contributed by atoms with E-state index in [1.54, 1.807) is 12.1 Å². The summed E-state index contributed by atoms with van der Waals surface area (Å²) in [7, 11) is 0. The molecule has 1 aliphatic heterocycles. The third-order valence-corrected chi connectivity index (χ3v) is 4.02. The molecule has 0 radical (unpaired) electrons. The van der Waals surface area contributed by atoms with Gasteiger partial charge in [-0.1, -0.05) is 30.3 Å². The average molecular weight is 268 g/mol. The van der Waals surface area contributed by atoms with Crippen molar-refractivity contribution in [2.24, 2.45) is 5.73 Å². The first-order valence-electron chi connectivity index (χ1n) is 7.13. The van der Waals surface area contributed by atoms with Crippen molar-refractivity contribution in [3.05, 3.63) is 59.7 Å². The van der Waals surface area contributed by atoms with Crippen LogP contribution in [0.4, 0.5) is 5.69 Å². The van der Waals surface area contributed by atoms with Gasteiger partial charge in [0.1, 0.15) is 5.75 Å². The van der Waals surface area contributed by atoms with E-state index in [4.69, 9.17) is 5.73 Å². The quantitative estimate of drug-likeness (QED) is 0.900. The molecule has 3 rings (SSSR count). The average Bonchev–Trinajstić information content (AvgIpc) is 2.50. The zero-order valence-electron chi connectivity index (χ0n) is 11.5. The van der Waals surface area contributed by atoms with Gasteiger partial charge in [0.05, 0.1) is 6.04 Å². The lowest BCUT2D eigenvalue weighted by Crippen LogP contribution is -2.37. The molecule has 0 aliphatic carbocycles. The Hall–Kier alpha value is -2.00. The number of aryl methyl sites for hydroxylation is 1. The highest BCUT2D eigenvalue weighted by Crippen LogP contribution is 2.33. The standard InChI is InChI=1S/C17H20N2O/c18-12-17(14-7-9-15(20)10-8-14)19-11-3-5-13-4-1-2-6-16(13)19/h1-2,4,6-10,17,20H,3,5,11-12,18H2. The van der Waals surface area contributed by atoms with E-state index in [0.717, 1.165) is 24.9 Å². The van der Waals surface area contributed by atoms with E-state index < -0.39 is 0 Å².